The van der Waals surface area contributed by atoms with Crippen molar-refractivity contribution in [2.75, 3.05) is 19.0 Å². The minimum absolute atomic E-state index is 0.0194. The van der Waals surface area contributed by atoms with Crippen LogP contribution in [-0.4, -0.2) is 29.8 Å². The molecule has 8 heteroatoms. The first kappa shape index (κ1) is 18.9. The average Bonchev–Trinajstić information content (AvgIpc) is 3.21. The van der Waals surface area contributed by atoms with Crippen LogP contribution in [0.1, 0.15) is 12.3 Å². The average molecular weight is 378 g/mol. The lowest BCUT2D eigenvalue weighted by molar-refractivity contribution is -0.116. The van der Waals surface area contributed by atoms with Gasteiger partial charge >= 0.3 is 0 Å². The fraction of sp³-hybridized carbons (Fsp3) is 0.200. The maximum Gasteiger partial charge on any atom is 0.227 e. The summed E-state index contributed by atoms with van der Waals surface area (Å²) in [6, 6.07) is 16.0. The Bertz CT molecular complexity index is 959. The number of anilines is 1. The molecule has 0 aliphatic heterocycles. The molecule has 0 saturated heterocycles. The zero-order chi connectivity index (χ0) is 19.8. The summed E-state index contributed by atoms with van der Waals surface area (Å²) in [6.07, 6.45) is 0.537. The second kappa shape index (κ2) is 9.19. The van der Waals surface area contributed by atoms with E-state index in [9.17, 15) is 4.79 Å². The van der Waals surface area contributed by atoms with Crippen LogP contribution < -0.4 is 14.8 Å². The van der Waals surface area contributed by atoms with Gasteiger partial charge in [-0.1, -0.05) is 5.16 Å². The standard InChI is InChI=1S/C20H18N4O4/c1-26-16-6-2-14(3-7-16)20-23-19(28-24-20)11-10-18(25)22-15-4-8-17(9-5-15)27-13-12-21/h2-9H,10-11,13H2,1H3,(H,22,25). The van der Waals surface area contributed by atoms with Crippen molar-refractivity contribution in [1.29, 1.82) is 5.26 Å². The molecule has 1 aromatic heterocycles. The summed E-state index contributed by atoms with van der Waals surface area (Å²) in [5.74, 6) is 1.99. The van der Waals surface area contributed by atoms with Crippen molar-refractivity contribution in [2.24, 2.45) is 0 Å². The molecule has 28 heavy (non-hydrogen) atoms. The highest BCUT2D eigenvalue weighted by molar-refractivity contribution is 5.90. The summed E-state index contributed by atoms with van der Waals surface area (Å²) in [7, 11) is 1.60. The molecule has 0 saturated carbocycles. The van der Waals surface area contributed by atoms with Crippen LogP contribution in [0.15, 0.2) is 53.1 Å². The highest BCUT2D eigenvalue weighted by atomic mass is 16.5. The number of hydrogen-bond donors (Lipinski definition) is 1. The lowest BCUT2D eigenvalue weighted by Crippen LogP contribution is -2.12. The molecule has 1 amide bonds. The van der Waals surface area contributed by atoms with Crippen LogP contribution in [0.25, 0.3) is 11.4 Å². The Balaban J connectivity index is 1.50. The van der Waals surface area contributed by atoms with Crippen LogP contribution in [0.2, 0.25) is 0 Å². The van der Waals surface area contributed by atoms with Crippen molar-refractivity contribution in [1.82, 2.24) is 10.1 Å². The number of methoxy groups -OCH3 is 1. The number of nitrogens with zero attached hydrogens (tertiary/aromatic N) is 3. The first-order valence-corrected chi connectivity index (χ1v) is 8.54. The molecule has 0 radical (unpaired) electrons. The monoisotopic (exact) mass is 378 g/mol. The van der Waals surface area contributed by atoms with Crippen LogP contribution in [0.5, 0.6) is 11.5 Å². The maximum atomic E-state index is 12.1. The van der Waals surface area contributed by atoms with Gasteiger partial charge in [0, 0.05) is 24.1 Å². The molecule has 1 N–H and O–H groups in total. The second-order valence-electron chi connectivity index (χ2n) is 5.76. The van der Waals surface area contributed by atoms with Gasteiger partial charge < -0.3 is 19.3 Å². The molecule has 1 heterocycles. The van der Waals surface area contributed by atoms with Gasteiger partial charge in [-0.15, -0.1) is 0 Å². The first-order chi connectivity index (χ1) is 13.7. The van der Waals surface area contributed by atoms with E-state index in [-0.39, 0.29) is 18.9 Å². The van der Waals surface area contributed by atoms with Crippen LogP contribution in [-0.2, 0) is 11.2 Å². The number of aromatic nitrogens is 2. The smallest absolute Gasteiger partial charge is 0.227 e. The van der Waals surface area contributed by atoms with Crippen molar-refractivity contribution in [2.45, 2.75) is 12.8 Å². The lowest BCUT2D eigenvalue weighted by atomic mass is 10.2. The number of aryl methyl sites for hydroxylation is 1. The van der Waals surface area contributed by atoms with Gasteiger partial charge in [0.1, 0.15) is 17.6 Å². The van der Waals surface area contributed by atoms with E-state index >= 15 is 0 Å². The van der Waals surface area contributed by atoms with Gasteiger partial charge in [0.25, 0.3) is 0 Å². The van der Waals surface area contributed by atoms with Gasteiger partial charge in [-0.05, 0) is 48.5 Å². The number of amides is 1. The predicted octanol–water partition coefficient (Wildman–Crippen LogP) is 3.22. The SMILES string of the molecule is COc1ccc(-c2noc(CCC(=O)Nc3ccc(OCC#N)cc3)n2)cc1. The number of carbonyl (C=O) groups is 1. The molecule has 0 atom stereocenters. The van der Waals surface area contributed by atoms with E-state index < -0.39 is 0 Å². The molecular weight excluding hydrogens is 360 g/mol. The van der Waals surface area contributed by atoms with Crippen LogP contribution in [0, 0.1) is 11.3 Å². The quantitative estimate of drug-likeness (QED) is 0.641. The predicted molar refractivity (Wildman–Crippen MR) is 101 cm³/mol. The number of benzene rings is 2. The molecule has 3 rings (SSSR count). The number of ether oxygens (including phenoxy) is 2. The third-order valence-electron chi connectivity index (χ3n) is 3.82. The van der Waals surface area contributed by atoms with Gasteiger partial charge in [0.15, 0.2) is 6.61 Å². The molecule has 0 aliphatic rings. The molecule has 0 aliphatic carbocycles. The zero-order valence-corrected chi connectivity index (χ0v) is 15.2. The third kappa shape index (κ3) is 5.08. The fourth-order valence-corrected chi connectivity index (χ4v) is 2.41. The molecular formula is C20H18N4O4. The summed E-state index contributed by atoms with van der Waals surface area (Å²) >= 11 is 0. The fourth-order valence-electron chi connectivity index (χ4n) is 2.41. The summed E-state index contributed by atoms with van der Waals surface area (Å²) in [6.45, 7) is -0.0194. The van der Waals surface area contributed by atoms with Crippen LogP contribution >= 0.6 is 0 Å². The molecule has 0 unspecified atom stereocenters. The van der Waals surface area contributed by atoms with E-state index in [0.29, 0.717) is 29.6 Å². The Morgan fingerprint density at radius 2 is 1.86 bits per heavy atom. The molecule has 142 valence electrons. The van der Waals surface area contributed by atoms with Gasteiger partial charge in [-0.2, -0.15) is 10.2 Å². The van der Waals surface area contributed by atoms with Crippen molar-refractivity contribution in [3.63, 3.8) is 0 Å². The summed E-state index contributed by atoms with van der Waals surface area (Å²) < 4.78 is 15.5. The highest BCUT2D eigenvalue weighted by Crippen LogP contribution is 2.20. The van der Waals surface area contributed by atoms with Crippen molar-refractivity contribution in [3.8, 4) is 29.0 Å². The molecule has 8 nitrogen and oxygen atoms in total. The Morgan fingerprint density at radius 3 is 2.54 bits per heavy atom. The van der Waals surface area contributed by atoms with Gasteiger partial charge in [-0.25, -0.2) is 0 Å². The zero-order valence-electron chi connectivity index (χ0n) is 15.2. The Morgan fingerprint density at radius 1 is 1.14 bits per heavy atom. The topological polar surface area (TPSA) is 110 Å². The van der Waals surface area contributed by atoms with E-state index in [4.69, 9.17) is 19.3 Å². The number of carbonyl (C=O) groups excluding carboxylic acids is 1. The van der Waals surface area contributed by atoms with Gasteiger partial charge in [-0.3, -0.25) is 4.79 Å². The second-order valence-corrected chi connectivity index (χ2v) is 5.76. The Kier molecular flexibility index (Phi) is 6.21. The summed E-state index contributed by atoms with van der Waals surface area (Å²) in [5.41, 5.74) is 1.44. The largest absolute Gasteiger partial charge is 0.497 e. The summed E-state index contributed by atoms with van der Waals surface area (Å²) in [4.78, 5) is 16.4. The lowest BCUT2D eigenvalue weighted by Gasteiger charge is -2.06. The van der Waals surface area contributed by atoms with E-state index in [1.807, 2.05) is 30.3 Å². The number of hydrogen-bond acceptors (Lipinski definition) is 7. The first-order valence-electron chi connectivity index (χ1n) is 8.54. The van der Waals surface area contributed by atoms with Crippen molar-refractivity contribution < 1.29 is 18.8 Å². The molecule has 0 bridgehead atoms. The van der Waals surface area contributed by atoms with E-state index in [0.717, 1.165) is 11.3 Å². The Labute approximate surface area is 161 Å². The van der Waals surface area contributed by atoms with E-state index in [1.165, 1.54) is 0 Å². The van der Waals surface area contributed by atoms with Crippen LogP contribution in [0.3, 0.4) is 0 Å². The molecule has 2 aromatic carbocycles. The normalized spacial score (nSPS) is 10.1. The minimum atomic E-state index is -0.171. The van der Waals surface area contributed by atoms with Crippen molar-refractivity contribution >= 4 is 11.6 Å². The van der Waals surface area contributed by atoms with E-state index in [1.54, 1.807) is 31.4 Å². The summed E-state index contributed by atoms with van der Waals surface area (Å²) in [5, 5.41) is 15.2. The van der Waals surface area contributed by atoms with Gasteiger partial charge in [0.05, 0.1) is 7.11 Å². The Hall–Kier alpha value is -3.86. The van der Waals surface area contributed by atoms with Crippen LogP contribution in [0.4, 0.5) is 5.69 Å². The third-order valence-corrected chi connectivity index (χ3v) is 3.82. The molecule has 3 aromatic rings. The molecule has 0 fully saturated rings. The molecule has 0 spiro atoms. The minimum Gasteiger partial charge on any atom is -0.497 e. The highest BCUT2D eigenvalue weighted by Gasteiger charge is 2.11. The maximum absolute atomic E-state index is 12.1. The van der Waals surface area contributed by atoms with Gasteiger partial charge in [0.2, 0.25) is 17.6 Å². The van der Waals surface area contributed by atoms with E-state index in [2.05, 4.69) is 15.5 Å². The number of nitriles is 1. The number of rotatable bonds is 8. The number of nitrogens with one attached hydrogen (secondary N) is 1. The van der Waals surface area contributed by atoms with Crippen molar-refractivity contribution in [3.05, 3.63) is 54.4 Å².